The lowest BCUT2D eigenvalue weighted by Gasteiger charge is -2.26. The molecule has 0 amide bonds. The van der Waals surface area contributed by atoms with Crippen molar-refractivity contribution < 1.29 is 4.42 Å². The van der Waals surface area contributed by atoms with Gasteiger partial charge in [-0.2, -0.15) is 0 Å². The first-order valence-corrected chi connectivity index (χ1v) is 16.3. The number of benzene rings is 8. The number of para-hydroxylation sites is 2. The van der Waals surface area contributed by atoms with Crippen LogP contribution in [0.15, 0.2) is 192 Å². The molecule has 0 aliphatic rings. The zero-order chi connectivity index (χ0) is 31.9. The minimum atomic E-state index is 0.873. The lowest BCUT2D eigenvalue weighted by molar-refractivity contribution is 0.669. The van der Waals surface area contributed by atoms with Crippen molar-refractivity contribution in [3.05, 3.63) is 188 Å². The van der Waals surface area contributed by atoms with Gasteiger partial charge in [0.25, 0.3) is 0 Å². The van der Waals surface area contributed by atoms with Gasteiger partial charge in [0, 0.05) is 22.1 Å². The van der Waals surface area contributed by atoms with Gasteiger partial charge in [-0.05, 0) is 86.6 Å². The molecule has 0 saturated carbocycles. The maximum atomic E-state index is 6.54. The summed E-state index contributed by atoms with van der Waals surface area (Å²) in [6.07, 6.45) is 0. The number of anilines is 3. The average Bonchev–Trinajstić information content (AvgIpc) is 3.55. The smallest absolute Gasteiger partial charge is 0.159 e. The zero-order valence-electron chi connectivity index (χ0n) is 26.3. The summed E-state index contributed by atoms with van der Waals surface area (Å²) in [6, 6.07) is 66.8. The number of hydrogen-bond donors (Lipinski definition) is 0. The Morgan fingerprint density at radius 3 is 1.69 bits per heavy atom. The maximum absolute atomic E-state index is 6.54. The molecule has 48 heavy (non-hydrogen) atoms. The van der Waals surface area contributed by atoms with Crippen molar-refractivity contribution in [1.82, 2.24) is 0 Å². The van der Waals surface area contributed by atoms with Gasteiger partial charge in [0.2, 0.25) is 0 Å². The molecule has 0 unspecified atom stereocenters. The summed E-state index contributed by atoms with van der Waals surface area (Å²) < 4.78 is 6.54. The highest BCUT2D eigenvalue weighted by Crippen LogP contribution is 2.43. The molecule has 9 rings (SSSR count). The van der Waals surface area contributed by atoms with Crippen LogP contribution < -0.4 is 4.90 Å². The number of rotatable bonds is 6. The molecule has 8 aromatic carbocycles. The van der Waals surface area contributed by atoms with E-state index in [1.807, 2.05) is 12.1 Å². The van der Waals surface area contributed by atoms with Gasteiger partial charge in [0.05, 0.1) is 5.69 Å². The fourth-order valence-corrected chi connectivity index (χ4v) is 6.92. The number of hydrogen-bond acceptors (Lipinski definition) is 2. The standard InChI is InChI=1S/C46H31NO/c1-2-11-32(12-3-1)33-23-27-38(28-24-33)47(44-21-10-20-43-42-18-6-7-22-45(42)48-46(43)44)39-29-25-34(26-30-39)36-15-8-16-37(31-36)41-19-9-14-35-13-4-5-17-40(35)41/h1-31H. The van der Waals surface area contributed by atoms with Gasteiger partial charge in [-0.1, -0.05) is 146 Å². The predicted octanol–water partition coefficient (Wildman–Crippen LogP) is 13.2. The molecule has 0 N–H and O–H groups in total. The van der Waals surface area contributed by atoms with Crippen LogP contribution in [0.3, 0.4) is 0 Å². The predicted molar refractivity (Wildman–Crippen MR) is 202 cm³/mol. The summed E-state index contributed by atoms with van der Waals surface area (Å²) in [4.78, 5) is 2.30. The number of furan rings is 1. The zero-order valence-corrected chi connectivity index (χ0v) is 26.3. The lowest BCUT2D eigenvalue weighted by atomic mass is 9.95. The van der Waals surface area contributed by atoms with E-state index in [0.717, 1.165) is 39.0 Å². The molecule has 1 heterocycles. The maximum Gasteiger partial charge on any atom is 0.159 e. The summed E-state index contributed by atoms with van der Waals surface area (Å²) in [5.74, 6) is 0. The van der Waals surface area contributed by atoms with Gasteiger partial charge in [0.15, 0.2) is 5.58 Å². The third-order valence-corrected chi connectivity index (χ3v) is 9.28. The van der Waals surface area contributed by atoms with E-state index in [9.17, 15) is 0 Å². The van der Waals surface area contributed by atoms with Crippen molar-refractivity contribution in [2.24, 2.45) is 0 Å². The summed E-state index contributed by atoms with van der Waals surface area (Å²) in [6.45, 7) is 0. The van der Waals surface area contributed by atoms with E-state index in [1.54, 1.807) is 0 Å². The Hall–Kier alpha value is -6.38. The molecule has 226 valence electrons. The molecule has 0 saturated heterocycles. The second kappa shape index (κ2) is 11.8. The van der Waals surface area contributed by atoms with Gasteiger partial charge in [-0.3, -0.25) is 0 Å². The van der Waals surface area contributed by atoms with Gasteiger partial charge in [-0.25, -0.2) is 0 Å². The van der Waals surface area contributed by atoms with Gasteiger partial charge < -0.3 is 9.32 Å². The second-order valence-corrected chi connectivity index (χ2v) is 12.2. The molecule has 0 radical (unpaired) electrons. The quantitative estimate of drug-likeness (QED) is 0.185. The first kappa shape index (κ1) is 27.9. The van der Waals surface area contributed by atoms with Crippen LogP contribution in [0.4, 0.5) is 17.1 Å². The highest BCUT2D eigenvalue weighted by Gasteiger charge is 2.19. The molecule has 0 atom stereocenters. The summed E-state index contributed by atoms with van der Waals surface area (Å²) >= 11 is 0. The Morgan fingerprint density at radius 1 is 0.354 bits per heavy atom. The number of fused-ring (bicyclic) bond motifs is 4. The topological polar surface area (TPSA) is 16.4 Å². The minimum absolute atomic E-state index is 0.873. The van der Waals surface area contributed by atoms with E-state index >= 15 is 0 Å². The summed E-state index contributed by atoms with van der Waals surface area (Å²) in [5.41, 5.74) is 12.1. The van der Waals surface area contributed by atoms with E-state index in [4.69, 9.17) is 4.42 Å². The highest BCUT2D eigenvalue weighted by molar-refractivity contribution is 6.10. The molecule has 0 aliphatic heterocycles. The Kier molecular flexibility index (Phi) is 6.84. The van der Waals surface area contributed by atoms with E-state index in [2.05, 4.69) is 181 Å². The molecule has 9 aromatic rings. The second-order valence-electron chi connectivity index (χ2n) is 12.2. The van der Waals surface area contributed by atoms with Gasteiger partial charge >= 0.3 is 0 Å². The molecule has 2 nitrogen and oxygen atoms in total. The van der Waals surface area contributed by atoms with E-state index in [0.29, 0.717) is 0 Å². The van der Waals surface area contributed by atoms with Crippen LogP contribution in [0, 0.1) is 0 Å². The first-order chi connectivity index (χ1) is 23.8. The number of nitrogens with zero attached hydrogens (tertiary/aromatic N) is 1. The normalized spacial score (nSPS) is 11.3. The molecule has 0 aliphatic carbocycles. The van der Waals surface area contributed by atoms with Gasteiger partial charge in [-0.15, -0.1) is 0 Å². The van der Waals surface area contributed by atoms with Crippen LogP contribution >= 0.6 is 0 Å². The molecule has 0 fully saturated rings. The largest absolute Gasteiger partial charge is 0.454 e. The Morgan fingerprint density at radius 2 is 0.896 bits per heavy atom. The van der Waals surface area contributed by atoms with Crippen molar-refractivity contribution in [3.8, 4) is 33.4 Å². The molecule has 0 bridgehead atoms. The third-order valence-electron chi connectivity index (χ3n) is 9.28. The summed E-state index contributed by atoms with van der Waals surface area (Å²) in [7, 11) is 0. The van der Waals surface area contributed by atoms with Crippen LogP contribution in [-0.2, 0) is 0 Å². The third kappa shape index (κ3) is 4.92. The fraction of sp³-hybridized carbons (Fsp3) is 0. The SMILES string of the molecule is c1ccc(-c2ccc(N(c3ccc(-c4cccc(-c5cccc6ccccc56)c4)cc3)c3cccc4c3oc3ccccc34)cc2)cc1. The van der Waals surface area contributed by atoms with Gasteiger partial charge in [0.1, 0.15) is 5.58 Å². The minimum Gasteiger partial charge on any atom is -0.454 e. The highest BCUT2D eigenvalue weighted by atomic mass is 16.3. The van der Waals surface area contributed by atoms with Crippen LogP contribution in [-0.4, -0.2) is 0 Å². The molecular formula is C46H31NO. The van der Waals surface area contributed by atoms with Crippen molar-refractivity contribution in [2.75, 3.05) is 4.90 Å². The van der Waals surface area contributed by atoms with E-state index in [1.165, 1.54) is 44.2 Å². The van der Waals surface area contributed by atoms with Crippen molar-refractivity contribution in [1.29, 1.82) is 0 Å². The van der Waals surface area contributed by atoms with Crippen molar-refractivity contribution in [3.63, 3.8) is 0 Å². The molecule has 1 aromatic heterocycles. The molecular weight excluding hydrogens is 583 g/mol. The average molecular weight is 614 g/mol. The Labute approximate surface area is 279 Å². The fourth-order valence-electron chi connectivity index (χ4n) is 6.92. The molecule has 0 spiro atoms. The summed E-state index contributed by atoms with van der Waals surface area (Å²) in [5, 5.41) is 4.74. The lowest BCUT2D eigenvalue weighted by Crippen LogP contribution is -2.10. The van der Waals surface area contributed by atoms with Crippen molar-refractivity contribution in [2.45, 2.75) is 0 Å². The van der Waals surface area contributed by atoms with Crippen LogP contribution in [0.5, 0.6) is 0 Å². The van der Waals surface area contributed by atoms with E-state index in [-0.39, 0.29) is 0 Å². The van der Waals surface area contributed by atoms with E-state index < -0.39 is 0 Å². The Balaban J connectivity index is 1.14. The molecule has 2 heteroatoms. The Bertz CT molecular complexity index is 2540. The monoisotopic (exact) mass is 613 g/mol. The van der Waals surface area contributed by atoms with Crippen molar-refractivity contribution >= 4 is 49.8 Å². The van der Waals surface area contributed by atoms with Crippen LogP contribution in [0.2, 0.25) is 0 Å². The van der Waals surface area contributed by atoms with Crippen LogP contribution in [0.1, 0.15) is 0 Å². The first-order valence-electron chi connectivity index (χ1n) is 16.3. The van der Waals surface area contributed by atoms with Crippen LogP contribution in [0.25, 0.3) is 66.1 Å².